The summed E-state index contributed by atoms with van der Waals surface area (Å²) in [5.74, 6) is 1.26. The van der Waals surface area contributed by atoms with Gasteiger partial charge < -0.3 is 25.4 Å². The molecule has 1 saturated heterocycles. The largest absolute Gasteiger partial charge is 0.444 e. The zero-order chi connectivity index (χ0) is 23.0. The molecule has 1 aliphatic heterocycles. The Morgan fingerprint density at radius 2 is 1.72 bits per heavy atom. The van der Waals surface area contributed by atoms with Crippen LogP contribution >= 0.6 is 0 Å². The number of rotatable bonds is 6. The van der Waals surface area contributed by atoms with E-state index in [1.54, 1.807) is 0 Å². The van der Waals surface area contributed by atoms with Crippen LogP contribution < -0.4 is 16.0 Å². The number of hydrogen-bond acceptors (Lipinski definition) is 4. The Labute approximate surface area is 192 Å². The normalized spacial score (nSPS) is 26.4. The van der Waals surface area contributed by atoms with E-state index in [4.69, 9.17) is 14.5 Å². The highest BCUT2D eigenvalue weighted by Crippen LogP contribution is 2.34. The summed E-state index contributed by atoms with van der Waals surface area (Å²) >= 11 is 0. The van der Waals surface area contributed by atoms with Crippen molar-refractivity contribution in [2.45, 2.75) is 83.6 Å². The second-order valence-corrected chi connectivity index (χ2v) is 9.81. The smallest absolute Gasteiger partial charge is 0.407 e. The molecule has 1 amide bonds. The van der Waals surface area contributed by atoms with Crippen molar-refractivity contribution in [3.63, 3.8) is 0 Å². The van der Waals surface area contributed by atoms with Gasteiger partial charge in [0.25, 0.3) is 0 Å². The third kappa shape index (κ3) is 7.69. The molecule has 0 aromatic heterocycles. The molecule has 1 aromatic carbocycles. The Kier molecular flexibility index (Phi) is 8.79. The van der Waals surface area contributed by atoms with Crippen LogP contribution in [0.15, 0.2) is 35.3 Å². The number of benzene rings is 1. The van der Waals surface area contributed by atoms with Gasteiger partial charge in [-0.3, -0.25) is 4.99 Å². The molecule has 7 heteroatoms. The zero-order valence-corrected chi connectivity index (χ0v) is 20.0. The number of ether oxygens (including phenoxy) is 2. The van der Waals surface area contributed by atoms with Crippen LogP contribution in [0.5, 0.6) is 0 Å². The number of hydrogen-bond donors (Lipinski definition) is 3. The van der Waals surface area contributed by atoms with Gasteiger partial charge in [-0.05, 0) is 65.4 Å². The molecule has 1 aliphatic carbocycles. The van der Waals surface area contributed by atoms with E-state index in [2.05, 4.69) is 47.1 Å². The second kappa shape index (κ2) is 11.5. The lowest BCUT2D eigenvalue weighted by molar-refractivity contribution is 0.0490. The van der Waals surface area contributed by atoms with Gasteiger partial charge in [0.05, 0.1) is 6.10 Å². The summed E-state index contributed by atoms with van der Waals surface area (Å²) in [6.07, 6.45) is 4.68. The number of guanidine groups is 1. The third-order valence-corrected chi connectivity index (χ3v) is 5.96. The molecule has 2 atom stereocenters. The summed E-state index contributed by atoms with van der Waals surface area (Å²) in [6.45, 7) is 10.1. The summed E-state index contributed by atoms with van der Waals surface area (Å²) in [5.41, 5.74) is 0.767. The predicted octanol–water partition coefficient (Wildman–Crippen LogP) is 4.16. The van der Waals surface area contributed by atoms with Crippen LogP contribution in [-0.4, -0.2) is 49.4 Å². The van der Waals surface area contributed by atoms with Gasteiger partial charge in [0.1, 0.15) is 5.60 Å². The minimum atomic E-state index is -0.468. The van der Waals surface area contributed by atoms with E-state index < -0.39 is 5.60 Å². The van der Waals surface area contributed by atoms with E-state index in [0.29, 0.717) is 12.0 Å². The molecule has 3 rings (SSSR count). The summed E-state index contributed by atoms with van der Waals surface area (Å²) in [5, 5.41) is 10.00. The van der Waals surface area contributed by atoms with Crippen LogP contribution in [0, 0.1) is 5.92 Å². The van der Waals surface area contributed by atoms with Crippen LogP contribution in [-0.2, 0) is 9.47 Å². The standard InChI is InChI=1S/C25H40N4O3/c1-5-26-23(27-17-19-15-16-31-22(19)18-9-7-6-8-10-18)28-20-11-13-21(14-12-20)29-24(30)32-25(2,3)4/h6-10,19-22H,5,11-17H2,1-4H3,(H,29,30)(H2,26,27,28). The Bertz CT molecular complexity index is 739. The Hall–Kier alpha value is -2.28. The van der Waals surface area contributed by atoms with E-state index in [1.807, 2.05) is 26.8 Å². The van der Waals surface area contributed by atoms with Crippen molar-refractivity contribution in [3.05, 3.63) is 35.9 Å². The topological polar surface area (TPSA) is 84.0 Å². The van der Waals surface area contributed by atoms with Gasteiger partial charge in [-0.2, -0.15) is 0 Å². The van der Waals surface area contributed by atoms with Crippen molar-refractivity contribution in [2.24, 2.45) is 10.9 Å². The van der Waals surface area contributed by atoms with Gasteiger partial charge in [-0.15, -0.1) is 0 Å². The van der Waals surface area contributed by atoms with Crippen molar-refractivity contribution < 1.29 is 14.3 Å². The van der Waals surface area contributed by atoms with E-state index in [0.717, 1.165) is 57.8 Å². The van der Waals surface area contributed by atoms with Gasteiger partial charge in [0, 0.05) is 37.7 Å². The number of amides is 1. The van der Waals surface area contributed by atoms with E-state index in [-0.39, 0.29) is 18.2 Å². The summed E-state index contributed by atoms with van der Waals surface area (Å²) in [4.78, 5) is 16.9. The highest BCUT2D eigenvalue weighted by molar-refractivity contribution is 5.80. The number of aliphatic imine (C=N–C) groups is 1. The number of nitrogens with one attached hydrogen (secondary N) is 3. The molecule has 1 heterocycles. The molecule has 0 spiro atoms. The third-order valence-electron chi connectivity index (χ3n) is 5.96. The fourth-order valence-electron chi connectivity index (χ4n) is 4.41. The van der Waals surface area contributed by atoms with E-state index in [1.165, 1.54) is 5.56 Å². The first-order valence-electron chi connectivity index (χ1n) is 12.0. The van der Waals surface area contributed by atoms with Gasteiger partial charge >= 0.3 is 6.09 Å². The van der Waals surface area contributed by atoms with Crippen LogP contribution in [0.25, 0.3) is 0 Å². The Balaban J connectivity index is 1.48. The minimum Gasteiger partial charge on any atom is -0.444 e. The van der Waals surface area contributed by atoms with E-state index >= 15 is 0 Å². The molecule has 1 aromatic rings. The first kappa shape index (κ1) is 24.4. The molecular formula is C25H40N4O3. The van der Waals surface area contributed by atoms with Crippen LogP contribution in [0.2, 0.25) is 0 Å². The molecule has 1 saturated carbocycles. The molecule has 2 aliphatic rings. The molecule has 7 nitrogen and oxygen atoms in total. The quantitative estimate of drug-likeness (QED) is 0.453. The number of carbonyl (C=O) groups is 1. The van der Waals surface area contributed by atoms with Crippen LogP contribution in [0.4, 0.5) is 4.79 Å². The number of carbonyl (C=O) groups excluding carboxylic acids is 1. The molecule has 2 unspecified atom stereocenters. The molecule has 0 radical (unpaired) electrons. The lowest BCUT2D eigenvalue weighted by Crippen LogP contribution is -2.48. The monoisotopic (exact) mass is 444 g/mol. The summed E-state index contributed by atoms with van der Waals surface area (Å²) in [6, 6.07) is 11.0. The lowest BCUT2D eigenvalue weighted by atomic mass is 9.91. The molecule has 2 fully saturated rings. The fourth-order valence-corrected chi connectivity index (χ4v) is 4.41. The lowest BCUT2D eigenvalue weighted by Gasteiger charge is -2.31. The Morgan fingerprint density at radius 3 is 2.34 bits per heavy atom. The first-order chi connectivity index (χ1) is 15.3. The van der Waals surface area contributed by atoms with Crippen molar-refractivity contribution in [3.8, 4) is 0 Å². The highest BCUT2D eigenvalue weighted by Gasteiger charge is 2.30. The van der Waals surface area contributed by atoms with Crippen molar-refractivity contribution in [2.75, 3.05) is 19.7 Å². The number of nitrogens with zero attached hydrogens (tertiary/aromatic N) is 1. The molecule has 3 N–H and O–H groups in total. The maximum absolute atomic E-state index is 12.0. The second-order valence-electron chi connectivity index (χ2n) is 9.81. The SMILES string of the molecule is CCNC(=NCC1CCOC1c1ccccc1)NC1CCC(NC(=O)OC(C)(C)C)CC1. The summed E-state index contributed by atoms with van der Waals surface area (Å²) in [7, 11) is 0. The van der Waals surface area contributed by atoms with Gasteiger partial charge in [-0.1, -0.05) is 30.3 Å². The zero-order valence-electron chi connectivity index (χ0n) is 20.0. The van der Waals surface area contributed by atoms with E-state index in [9.17, 15) is 4.79 Å². The first-order valence-corrected chi connectivity index (χ1v) is 12.0. The van der Waals surface area contributed by atoms with Crippen LogP contribution in [0.1, 0.15) is 71.5 Å². The molecule has 178 valence electrons. The molecule has 0 bridgehead atoms. The van der Waals surface area contributed by atoms with Gasteiger partial charge in [0.15, 0.2) is 5.96 Å². The van der Waals surface area contributed by atoms with Crippen molar-refractivity contribution in [1.29, 1.82) is 0 Å². The fraction of sp³-hybridized carbons (Fsp3) is 0.680. The van der Waals surface area contributed by atoms with Crippen LogP contribution in [0.3, 0.4) is 0 Å². The van der Waals surface area contributed by atoms with Gasteiger partial charge in [0.2, 0.25) is 0 Å². The van der Waals surface area contributed by atoms with Crippen molar-refractivity contribution >= 4 is 12.1 Å². The molecule has 32 heavy (non-hydrogen) atoms. The minimum absolute atomic E-state index is 0.122. The van der Waals surface area contributed by atoms with Crippen molar-refractivity contribution in [1.82, 2.24) is 16.0 Å². The molecular weight excluding hydrogens is 404 g/mol. The number of alkyl carbamates (subject to hydrolysis) is 1. The van der Waals surface area contributed by atoms with Gasteiger partial charge in [-0.25, -0.2) is 4.79 Å². The Morgan fingerprint density at radius 1 is 1.06 bits per heavy atom. The summed E-state index contributed by atoms with van der Waals surface area (Å²) < 4.78 is 11.4. The average Bonchev–Trinajstić information content (AvgIpc) is 3.21. The highest BCUT2D eigenvalue weighted by atomic mass is 16.6. The maximum atomic E-state index is 12.0. The average molecular weight is 445 g/mol. The maximum Gasteiger partial charge on any atom is 0.407 e. The predicted molar refractivity (Wildman–Crippen MR) is 128 cm³/mol.